The Kier molecular flexibility index (Phi) is 45.3. The smallest absolute Gasteiger partial charge is 0.306 e. The third-order valence-corrected chi connectivity index (χ3v) is 13.0. The molecule has 0 aliphatic carbocycles. The van der Waals surface area contributed by atoms with Gasteiger partial charge in [0.2, 0.25) is 5.91 Å². The summed E-state index contributed by atoms with van der Waals surface area (Å²) >= 11 is 0. The second-order valence-corrected chi connectivity index (χ2v) is 21.1. The van der Waals surface area contributed by atoms with Crippen molar-refractivity contribution in [1.82, 2.24) is 5.32 Å². The number of rotatable bonds is 49. The van der Waals surface area contributed by atoms with Crippen molar-refractivity contribution in [2.75, 3.05) is 40.9 Å². The lowest BCUT2D eigenvalue weighted by Crippen LogP contribution is -2.47. The van der Waals surface area contributed by atoms with Gasteiger partial charge >= 0.3 is 5.97 Å². The number of nitrogens with one attached hydrogen (secondary N) is 1. The minimum atomic E-state index is -4.69. The number of amides is 1. The molecule has 3 unspecified atom stereocenters. The third kappa shape index (κ3) is 47.1. The summed E-state index contributed by atoms with van der Waals surface area (Å²) in [6, 6.07) is -0.896. The topological polar surface area (TPSA) is 114 Å². The van der Waals surface area contributed by atoms with Crippen LogP contribution in [0.25, 0.3) is 0 Å². The molecule has 0 heterocycles. The third-order valence-electron chi connectivity index (χ3n) is 12.0. The second kappa shape index (κ2) is 46.7. The van der Waals surface area contributed by atoms with Crippen LogP contribution in [0.5, 0.6) is 0 Å². The highest BCUT2D eigenvalue weighted by atomic mass is 31.2. The SMILES string of the molecule is CC/C=C/C/C=C/CCCCCCCCCC(=O)NC(COP(=O)([O-])OCC[N+](C)(C)C)C(/C=C/CCCCCCCCCCCCC)OC(=O)CCCCC/C=C\CCCCCCCC. The number of likely N-dealkylation sites (N-methyl/N-ethyl adjacent to an activating group) is 1. The Hall–Kier alpha value is -2.03. The highest BCUT2D eigenvalue weighted by molar-refractivity contribution is 7.45. The number of carbonyl (C=O) groups is 2. The zero-order valence-corrected chi connectivity index (χ0v) is 44.8. The highest BCUT2D eigenvalue weighted by Gasteiger charge is 2.27. The largest absolute Gasteiger partial charge is 0.756 e. The average molecular weight is 949 g/mol. The number of ether oxygens (including phenoxy) is 1. The fourth-order valence-corrected chi connectivity index (χ4v) is 8.45. The van der Waals surface area contributed by atoms with Crippen LogP contribution in [0.1, 0.15) is 245 Å². The number of esters is 1. The molecule has 1 N–H and O–H groups in total. The quantitative estimate of drug-likeness (QED) is 0.0212. The summed E-state index contributed by atoms with van der Waals surface area (Å²) in [4.78, 5) is 39.7. The molecule has 3 atom stereocenters. The van der Waals surface area contributed by atoms with E-state index in [-0.39, 0.29) is 24.9 Å². The predicted octanol–water partition coefficient (Wildman–Crippen LogP) is 15.5. The number of allylic oxidation sites excluding steroid dienone is 7. The Balaban J connectivity index is 5.44. The number of carbonyl (C=O) groups excluding carboxylic acids is 2. The van der Waals surface area contributed by atoms with Gasteiger partial charge in [0.15, 0.2) is 0 Å². The van der Waals surface area contributed by atoms with Crippen molar-refractivity contribution in [1.29, 1.82) is 0 Å². The summed E-state index contributed by atoms with van der Waals surface area (Å²) in [6.07, 6.45) is 55.0. The lowest BCUT2D eigenvalue weighted by molar-refractivity contribution is -0.870. The van der Waals surface area contributed by atoms with Gasteiger partial charge in [0.1, 0.15) is 19.3 Å². The fourth-order valence-electron chi connectivity index (χ4n) is 7.73. The Labute approximate surface area is 408 Å². The summed E-state index contributed by atoms with van der Waals surface area (Å²) in [5.74, 6) is -0.568. The Bertz CT molecular complexity index is 1280. The molecule has 0 saturated carbocycles. The lowest BCUT2D eigenvalue weighted by atomic mass is 10.0. The van der Waals surface area contributed by atoms with Crippen molar-refractivity contribution in [2.45, 2.75) is 258 Å². The summed E-state index contributed by atoms with van der Waals surface area (Å²) in [5, 5.41) is 3.01. The van der Waals surface area contributed by atoms with Crippen LogP contribution in [-0.4, -0.2) is 69.4 Å². The minimum absolute atomic E-state index is 0.0263. The van der Waals surface area contributed by atoms with E-state index in [4.69, 9.17) is 13.8 Å². The van der Waals surface area contributed by atoms with Gasteiger partial charge in [-0.05, 0) is 83.1 Å². The number of quaternary nitrogens is 1. The first-order valence-corrected chi connectivity index (χ1v) is 28.9. The van der Waals surface area contributed by atoms with E-state index in [1.165, 1.54) is 116 Å². The maximum atomic E-state index is 13.4. The highest BCUT2D eigenvalue weighted by Crippen LogP contribution is 2.38. The van der Waals surface area contributed by atoms with Crippen LogP contribution in [0.2, 0.25) is 0 Å². The van der Waals surface area contributed by atoms with Gasteiger partial charge in [0, 0.05) is 12.8 Å². The molecule has 0 saturated heterocycles. The summed E-state index contributed by atoms with van der Waals surface area (Å²) in [6.45, 7) is 6.71. The van der Waals surface area contributed by atoms with Crippen molar-refractivity contribution >= 4 is 19.7 Å². The summed E-state index contributed by atoms with van der Waals surface area (Å²) in [5.41, 5.74) is 0. The monoisotopic (exact) mass is 949 g/mol. The standard InChI is InChI=1S/C56H105N2O7P/c1-7-10-13-16-19-22-25-28-31-33-36-39-42-45-48-55(59)57-53(52-64-66(61,62)63-51-50-58(4,5)6)54(47-44-41-38-35-32-29-26-23-20-17-14-11-8-2)65-56(60)49-46-43-40-37-34-30-27-24-21-18-15-12-9-3/h10,13,19,22,30,34,44,47,53-54H,7-9,11-12,14-18,20-21,23-29,31-33,35-43,45-46,48-52H2,1-6H3,(H-,57,59,61,62)/b13-10+,22-19+,34-30-,47-44+. The molecule has 0 fully saturated rings. The van der Waals surface area contributed by atoms with Gasteiger partial charge in [0.25, 0.3) is 7.82 Å². The molecule has 1 amide bonds. The van der Waals surface area contributed by atoms with Crippen LogP contribution in [0.3, 0.4) is 0 Å². The van der Waals surface area contributed by atoms with Crippen LogP contribution < -0.4 is 10.2 Å². The Morgan fingerprint density at radius 3 is 1.47 bits per heavy atom. The van der Waals surface area contributed by atoms with Crippen molar-refractivity contribution in [3.05, 3.63) is 48.6 Å². The number of phosphoric acid groups is 1. The average Bonchev–Trinajstić information content (AvgIpc) is 3.27. The van der Waals surface area contributed by atoms with E-state index in [1.54, 1.807) is 0 Å². The van der Waals surface area contributed by atoms with Crippen molar-refractivity contribution in [3.8, 4) is 0 Å². The molecule has 0 aromatic heterocycles. The minimum Gasteiger partial charge on any atom is -0.756 e. The van der Waals surface area contributed by atoms with E-state index in [1.807, 2.05) is 33.3 Å². The molecule has 0 aliphatic heterocycles. The maximum absolute atomic E-state index is 13.4. The Morgan fingerprint density at radius 2 is 0.970 bits per heavy atom. The number of hydrogen-bond donors (Lipinski definition) is 1. The molecule has 66 heavy (non-hydrogen) atoms. The van der Waals surface area contributed by atoms with Gasteiger partial charge in [-0.1, -0.05) is 198 Å². The number of unbranched alkanes of at least 4 members (excludes halogenated alkanes) is 27. The van der Waals surface area contributed by atoms with E-state index in [9.17, 15) is 19.0 Å². The molecule has 0 aromatic rings. The predicted molar refractivity (Wildman–Crippen MR) is 279 cm³/mol. The summed E-state index contributed by atoms with van der Waals surface area (Å²) in [7, 11) is 1.17. The van der Waals surface area contributed by atoms with Crippen molar-refractivity contribution in [3.63, 3.8) is 0 Å². The molecular weight excluding hydrogens is 844 g/mol. The molecule has 0 radical (unpaired) electrons. The molecule has 386 valence electrons. The van der Waals surface area contributed by atoms with Crippen LogP contribution in [-0.2, 0) is 27.9 Å². The zero-order valence-electron chi connectivity index (χ0n) is 43.9. The van der Waals surface area contributed by atoms with Gasteiger partial charge in [-0.15, -0.1) is 0 Å². The lowest BCUT2D eigenvalue weighted by Gasteiger charge is -2.30. The first kappa shape index (κ1) is 64.0. The van der Waals surface area contributed by atoms with Crippen LogP contribution in [0, 0.1) is 0 Å². The first-order valence-electron chi connectivity index (χ1n) is 27.4. The van der Waals surface area contributed by atoms with E-state index < -0.39 is 26.6 Å². The first-order chi connectivity index (χ1) is 31.9. The van der Waals surface area contributed by atoms with E-state index >= 15 is 0 Å². The van der Waals surface area contributed by atoms with Crippen LogP contribution in [0.15, 0.2) is 48.6 Å². The normalized spacial score (nSPS) is 14.2. The Morgan fingerprint density at radius 1 is 0.545 bits per heavy atom. The van der Waals surface area contributed by atoms with E-state index in [0.29, 0.717) is 23.9 Å². The van der Waals surface area contributed by atoms with Crippen LogP contribution in [0.4, 0.5) is 0 Å². The molecule has 0 bridgehead atoms. The van der Waals surface area contributed by atoms with E-state index in [2.05, 4.69) is 62.5 Å². The molecule has 0 aromatic carbocycles. The van der Waals surface area contributed by atoms with Gasteiger partial charge in [-0.25, -0.2) is 0 Å². The second-order valence-electron chi connectivity index (χ2n) is 19.7. The van der Waals surface area contributed by atoms with Gasteiger partial charge in [-0.3, -0.25) is 14.2 Å². The molecule has 9 nitrogen and oxygen atoms in total. The van der Waals surface area contributed by atoms with Gasteiger partial charge in [0.05, 0.1) is 33.8 Å². The van der Waals surface area contributed by atoms with Gasteiger partial charge < -0.3 is 28.5 Å². The number of phosphoric ester groups is 1. The molecule has 10 heteroatoms. The molecule has 0 rings (SSSR count). The number of hydrogen-bond acceptors (Lipinski definition) is 7. The van der Waals surface area contributed by atoms with Crippen molar-refractivity contribution < 1.29 is 37.3 Å². The van der Waals surface area contributed by atoms with Crippen molar-refractivity contribution in [2.24, 2.45) is 0 Å². The van der Waals surface area contributed by atoms with E-state index in [0.717, 1.165) is 89.9 Å². The summed E-state index contributed by atoms with van der Waals surface area (Å²) < 4.78 is 30.2. The van der Waals surface area contributed by atoms with Crippen LogP contribution >= 0.6 is 7.82 Å². The number of nitrogens with zero attached hydrogens (tertiary/aromatic N) is 1. The molecule has 0 spiro atoms. The molecular formula is C56H105N2O7P. The molecule has 0 aliphatic rings. The zero-order chi connectivity index (χ0) is 48.7. The van der Waals surface area contributed by atoms with Gasteiger partial charge in [-0.2, -0.15) is 0 Å². The fraction of sp³-hybridized carbons (Fsp3) is 0.821. The maximum Gasteiger partial charge on any atom is 0.306 e.